The maximum Gasteiger partial charge on any atom is 0.119 e. The van der Waals surface area contributed by atoms with Crippen molar-refractivity contribution in [3.8, 4) is 5.75 Å². The largest absolute Gasteiger partial charge is 0.491 e. The molecule has 2 nitrogen and oxygen atoms in total. The molecule has 1 atom stereocenters. The van der Waals surface area contributed by atoms with Gasteiger partial charge in [0.1, 0.15) is 5.75 Å². The van der Waals surface area contributed by atoms with E-state index >= 15 is 0 Å². The standard InChI is InChI=1S/C18H22ClNO/c1-13(2)21-18-10-4-15(5-11-18)12-20-14(3)16-6-8-17(19)9-7-16/h4-11,13-14,20H,12H2,1-3H3. The molecule has 1 N–H and O–H groups in total. The van der Waals surface area contributed by atoms with Gasteiger partial charge in [0.05, 0.1) is 6.10 Å². The van der Waals surface area contributed by atoms with Gasteiger partial charge in [0.25, 0.3) is 0 Å². The molecule has 0 spiro atoms. The molecule has 2 rings (SSSR count). The minimum absolute atomic E-state index is 0.207. The van der Waals surface area contributed by atoms with Crippen LogP contribution in [0.1, 0.15) is 37.9 Å². The van der Waals surface area contributed by atoms with Gasteiger partial charge in [0.2, 0.25) is 0 Å². The number of ether oxygens (including phenoxy) is 1. The third-order valence-electron chi connectivity index (χ3n) is 3.28. The highest BCUT2D eigenvalue weighted by Gasteiger charge is 2.05. The van der Waals surface area contributed by atoms with E-state index in [1.807, 2.05) is 38.1 Å². The van der Waals surface area contributed by atoms with Gasteiger partial charge in [-0.05, 0) is 56.2 Å². The van der Waals surface area contributed by atoms with Crippen molar-refractivity contribution in [1.29, 1.82) is 0 Å². The fourth-order valence-corrected chi connectivity index (χ4v) is 2.22. The molecule has 3 heteroatoms. The van der Waals surface area contributed by atoms with Gasteiger partial charge in [-0.15, -0.1) is 0 Å². The summed E-state index contributed by atoms with van der Waals surface area (Å²) in [5.74, 6) is 0.916. The molecule has 0 aromatic heterocycles. The first kappa shape index (κ1) is 15.9. The second kappa shape index (κ2) is 7.48. The van der Waals surface area contributed by atoms with Gasteiger partial charge in [0, 0.05) is 17.6 Å². The fraction of sp³-hybridized carbons (Fsp3) is 0.333. The summed E-state index contributed by atoms with van der Waals surface area (Å²) in [6, 6.07) is 16.5. The Bertz CT molecular complexity index is 548. The highest BCUT2D eigenvalue weighted by atomic mass is 35.5. The van der Waals surface area contributed by atoms with Gasteiger partial charge in [0.15, 0.2) is 0 Å². The number of rotatable bonds is 6. The molecule has 0 bridgehead atoms. The monoisotopic (exact) mass is 303 g/mol. The summed E-state index contributed by atoms with van der Waals surface area (Å²) in [6.07, 6.45) is 0.207. The van der Waals surface area contributed by atoms with Gasteiger partial charge in [-0.2, -0.15) is 0 Å². The molecular formula is C18H22ClNO. The van der Waals surface area contributed by atoms with Crippen molar-refractivity contribution >= 4 is 11.6 Å². The van der Waals surface area contributed by atoms with E-state index in [1.165, 1.54) is 11.1 Å². The van der Waals surface area contributed by atoms with E-state index in [-0.39, 0.29) is 12.1 Å². The van der Waals surface area contributed by atoms with Gasteiger partial charge >= 0.3 is 0 Å². The molecule has 0 aliphatic rings. The lowest BCUT2D eigenvalue weighted by Crippen LogP contribution is -2.18. The van der Waals surface area contributed by atoms with E-state index in [0.717, 1.165) is 17.3 Å². The zero-order chi connectivity index (χ0) is 15.2. The van der Waals surface area contributed by atoms with Gasteiger partial charge in [-0.3, -0.25) is 0 Å². The average Bonchev–Trinajstić information content (AvgIpc) is 2.46. The van der Waals surface area contributed by atoms with Crippen molar-refractivity contribution in [2.75, 3.05) is 0 Å². The molecule has 2 aromatic rings. The molecule has 1 unspecified atom stereocenters. The first-order valence-electron chi connectivity index (χ1n) is 7.29. The fourth-order valence-electron chi connectivity index (χ4n) is 2.10. The summed E-state index contributed by atoms with van der Waals surface area (Å²) in [7, 11) is 0. The van der Waals surface area contributed by atoms with Gasteiger partial charge in [-0.25, -0.2) is 0 Å². The molecule has 0 heterocycles. The Morgan fingerprint density at radius 3 is 2.14 bits per heavy atom. The van der Waals surface area contributed by atoms with Crippen LogP contribution in [0, 0.1) is 0 Å². The number of benzene rings is 2. The Morgan fingerprint density at radius 2 is 1.57 bits per heavy atom. The van der Waals surface area contributed by atoms with Crippen LogP contribution < -0.4 is 10.1 Å². The highest BCUT2D eigenvalue weighted by molar-refractivity contribution is 6.30. The Labute approximate surface area is 132 Å². The van der Waals surface area contributed by atoms with Crippen LogP contribution in [0.3, 0.4) is 0 Å². The van der Waals surface area contributed by atoms with Crippen molar-refractivity contribution in [2.24, 2.45) is 0 Å². The van der Waals surface area contributed by atoms with Crippen LogP contribution in [0.2, 0.25) is 5.02 Å². The summed E-state index contributed by atoms with van der Waals surface area (Å²) in [5, 5.41) is 4.28. The summed E-state index contributed by atoms with van der Waals surface area (Å²) in [6.45, 7) is 7.04. The summed E-state index contributed by atoms with van der Waals surface area (Å²) < 4.78 is 5.64. The zero-order valence-electron chi connectivity index (χ0n) is 12.8. The lowest BCUT2D eigenvalue weighted by molar-refractivity contribution is 0.242. The lowest BCUT2D eigenvalue weighted by atomic mass is 10.1. The van der Waals surface area contributed by atoms with Crippen molar-refractivity contribution in [3.05, 3.63) is 64.7 Å². The summed E-state index contributed by atoms with van der Waals surface area (Å²) in [4.78, 5) is 0. The average molecular weight is 304 g/mol. The number of hydrogen-bond acceptors (Lipinski definition) is 2. The number of hydrogen-bond donors (Lipinski definition) is 1. The first-order chi connectivity index (χ1) is 10.0. The van der Waals surface area contributed by atoms with E-state index < -0.39 is 0 Å². The normalized spacial score (nSPS) is 12.4. The number of halogens is 1. The molecular weight excluding hydrogens is 282 g/mol. The van der Waals surface area contributed by atoms with Crippen molar-refractivity contribution in [3.63, 3.8) is 0 Å². The molecule has 21 heavy (non-hydrogen) atoms. The van der Waals surface area contributed by atoms with E-state index in [0.29, 0.717) is 0 Å². The maximum atomic E-state index is 5.91. The minimum Gasteiger partial charge on any atom is -0.491 e. The first-order valence-corrected chi connectivity index (χ1v) is 7.67. The van der Waals surface area contributed by atoms with Crippen molar-refractivity contribution < 1.29 is 4.74 Å². The second-order valence-corrected chi connectivity index (χ2v) is 5.90. The molecule has 0 aliphatic heterocycles. The Kier molecular flexibility index (Phi) is 5.66. The third-order valence-corrected chi connectivity index (χ3v) is 3.53. The maximum absolute atomic E-state index is 5.91. The van der Waals surface area contributed by atoms with Gasteiger partial charge < -0.3 is 10.1 Å². The van der Waals surface area contributed by atoms with Crippen LogP contribution in [0.15, 0.2) is 48.5 Å². The van der Waals surface area contributed by atoms with Crippen molar-refractivity contribution in [2.45, 2.75) is 39.5 Å². The molecule has 0 radical (unpaired) electrons. The molecule has 2 aromatic carbocycles. The van der Waals surface area contributed by atoms with E-state index in [1.54, 1.807) is 0 Å². The molecule has 0 saturated carbocycles. The molecule has 0 aliphatic carbocycles. The van der Waals surface area contributed by atoms with Crippen molar-refractivity contribution in [1.82, 2.24) is 5.32 Å². The topological polar surface area (TPSA) is 21.3 Å². The van der Waals surface area contributed by atoms with E-state index in [4.69, 9.17) is 16.3 Å². The van der Waals surface area contributed by atoms with Gasteiger partial charge in [-0.1, -0.05) is 35.9 Å². The SMILES string of the molecule is CC(C)Oc1ccc(CNC(C)c2ccc(Cl)cc2)cc1. The summed E-state index contributed by atoms with van der Waals surface area (Å²) in [5.41, 5.74) is 2.48. The van der Waals surface area contributed by atoms with Crippen LogP contribution in [-0.4, -0.2) is 6.10 Å². The third kappa shape index (κ3) is 5.07. The Balaban J connectivity index is 1.88. The van der Waals surface area contributed by atoms with Crippen LogP contribution >= 0.6 is 11.6 Å². The van der Waals surface area contributed by atoms with Crippen LogP contribution in [0.4, 0.5) is 0 Å². The minimum atomic E-state index is 0.207. The zero-order valence-corrected chi connectivity index (χ0v) is 13.5. The lowest BCUT2D eigenvalue weighted by Gasteiger charge is -2.15. The highest BCUT2D eigenvalue weighted by Crippen LogP contribution is 2.18. The number of nitrogens with one attached hydrogen (secondary N) is 1. The van der Waals surface area contributed by atoms with E-state index in [9.17, 15) is 0 Å². The Hall–Kier alpha value is -1.51. The predicted octanol–water partition coefficient (Wildman–Crippen LogP) is 4.98. The quantitative estimate of drug-likeness (QED) is 0.813. The summed E-state index contributed by atoms with van der Waals surface area (Å²) >= 11 is 5.91. The van der Waals surface area contributed by atoms with Crippen LogP contribution in [0.25, 0.3) is 0 Å². The molecule has 112 valence electrons. The van der Waals surface area contributed by atoms with E-state index in [2.05, 4.69) is 36.5 Å². The predicted molar refractivity (Wildman–Crippen MR) is 88.9 cm³/mol. The molecule has 0 fully saturated rings. The van der Waals surface area contributed by atoms with Crippen LogP contribution in [-0.2, 0) is 6.54 Å². The van der Waals surface area contributed by atoms with Crippen LogP contribution in [0.5, 0.6) is 5.75 Å². The Morgan fingerprint density at radius 1 is 0.952 bits per heavy atom. The molecule has 0 amide bonds. The molecule has 0 saturated heterocycles. The smallest absolute Gasteiger partial charge is 0.119 e. The second-order valence-electron chi connectivity index (χ2n) is 5.46.